The van der Waals surface area contributed by atoms with Gasteiger partial charge in [-0.3, -0.25) is 4.79 Å². The Morgan fingerprint density at radius 1 is 0.889 bits per heavy atom. The normalized spacial score (nSPS) is 21.6. The van der Waals surface area contributed by atoms with Crippen molar-refractivity contribution in [1.82, 2.24) is 44.7 Å². The van der Waals surface area contributed by atoms with Crippen LogP contribution in [-0.2, 0) is 13.0 Å². The van der Waals surface area contributed by atoms with E-state index in [0.29, 0.717) is 41.8 Å². The highest BCUT2D eigenvalue weighted by atomic mass is 35.5. The van der Waals surface area contributed by atoms with Gasteiger partial charge in [-0.15, -0.1) is 0 Å². The molecule has 0 spiro atoms. The maximum Gasteiger partial charge on any atom is 0.289 e. The third-order valence-electron chi connectivity index (χ3n) is 15.8. The fraction of sp³-hybridized carbons (Fsp3) is 0.593. The molecule has 4 fully saturated rings. The molecular weight excluding hydrogens is 930 g/mol. The molecule has 4 aromatic heterocycles. The molecular formula is C54H76ClN13O4. The zero-order valence-corrected chi connectivity index (χ0v) is 44.0. The monoisotopic (exact) mass is 1010 g/mol. The van der Waals surface area contributed by atoms with Gasteiger partial charge in [0.25, 0.3) is 5.91 Å². The summed E-state index contributed by atoms with van der Waals surface area (Å²) >= 11 is 6.43. The van der Waals surface area contributed by atoms with Gasteiger partial charge in [0, 0.05) is 132 Å². The van der Waals surface area contributed by atoms with Crippen molar-refractivity contribution in [2.75, 3.05) is 99.6 Å². The first-order chi connectivity index (χ1) is 34.8. The molecule has 1 aliphatic carbocycles. The number of amides is 1. The predicted molar refractivity (Wildman–Crippen MR) is 285 cm³/mol. The Morgan fingerprint density at radius 2 is 1.65 bits per heavy atom. The minimum atomic E-state index is -0.335. The third kappa shape index (κ3) is 11.5. The molecule has 388 valence electrons. The number of aromatic nitrogens is 6. The molecule has 1 atom stereocenters. The van der Waals surface area contributed by atoms with E-state index in [9.17, 15) is 9.90 Å². The molecule has 7 heterocycles. The van der Waals surface area contributed by atoms with Crippen LogP contribution in [0.1, 0.15) is 101 Å². The lowest BCUT2D eigenvalue weighted by Crippen LogP contribution is -2.74. The van der Waals surface area contributed by atoms with Gasteiger partial charge in [0.05, 0.1) is 41.6 Å². The number of fused-ring (bicyclic) bond motifs is 1. The number of hydrogen-bond donors (Lipinski definition) is 4. The number of aliphatic hydroxyl groups is 1. The van der Waals surface area contributed by atoms with Gasteiger partial charge in [0.2, 0.25) is 11.7 Å². The first kappa shape index (κ1) is 51.4. The van der Waals surface area contributed by atoms with Gasteiger partial charge in [-0.2, -0.15) is 9.61 Å². The first-order valence-electron chi connectivity index (χ1n) is 26.4. The Morgan fingerprint density at radius 3 is 2.35 bits per heavy atom. The van der Waals surface area contributed by atoms with Crippen molar-refractivity contribution in [3.63, 3.8) is 0 Å². The second-order valence-electron chi connectivity index (χ2n) is 21.5. The number of aryl methyl sites for hydroxylation is 1. The minimum Gasteiger partial charge on any atom is -0.489 e. The van der Waals surface area contributed by atoms with E-state index in [4.69, 9.17) is 26.1 Å². The Labute approximate surface area is 430 Å². The van der Waals surface area contributed by atoms with Crippen LogP contribution in [0.4, 0.5) is 23.0 Å². The Bertz CT molecular complexity index is 2560. The van der Waals surface area contributed by atoms with Gasteiger partial charge in [-0.05, 0) is 75.0 Å². The van der Waals surface area contributed by atoms with Crippen LogP contribution in [0.25, 0.3) is 5.65 Å². The molecule has 3 aliphatic heterocycles. The minimum absolute atomic E-state index is 0.137. The summed E-state index contributed by atoms with van der Waals surface area (Å²) in [5, 5.41) is 24.9. The number of benzene rings is 1. The zero-order valence-electron chi connectivity index (χ0n) is 43.2. The van der Waals surface area contributed by atoms with E-state index < -0.39 is 0 Å². The van der Waals surface area contributed by atoms with Crippen LogP contribution in [0.15, 0.2) is 61.2 Å². The molecule has 9 rings (SSSR count). The SMILES string of the molecule is CCc1cnn2c(NCc3ccc(OCCCN4CCN(CC5CCN(c6cnc(C(=O)NC7C(C)(C)C(Oc8ccc(NC)c(Cl)c8)C7(C)C)nc6)CC5)CC4)nc3)cc(N3CCCCC3CCO)nc12. The van der Waals surface area contributed by atoms with Gasteiger partial charge in [-0.1, -0.05) is 52.3 Å². The number of piperazine rings is 1. The van der Waals surface area contributed by atoms with Crippen LogP contribution in [0.2, 0.25) is 5.02 Å². The van der Waals surface area contributed by atoms with Gasteiger partial charge >= 0.3 is 0 Å². The summed E-state index contributed by atoms with van der Waals surface area (Å²) < 4.78 is 14.5. The summed E-state index contributed by atoms with van der Waals surface area (Å²) in [6.45, 7) is 21.3. The van der Waals surface area contributed by atoms with Crippen LogP contribution in [-0.4, -0.2) is 148 Å². The molecule has 18 heteroatoms. The molecule has 3 saturated heterocycles. The van der Waals surface area contributed by atoms with Crippen LogP contribution >= 0.6 is 11.6 Å². The Hall–Kier alpha value is -5.49. The number of anilines is 4. The summed E-state index contributed by atoms with van der Waals surface area (Å²) in [4.78, 5) is 42.1. The van der Waals surface area contributed by atoms with Crippen LogP contribution in [0.5, 0.6) is 11.6 Å². The van der Waals surface area contributed by atoms with Crippen molar-refractivity contribution in [2.45, 2.75) is 111 Å². The van der Waals surface area contributed by atoms with Crippen molar-refractivity contribution in [3.8, 4) is 11.6 Å². The summed E-state index contributed by atoms with van der Waals surface area (Å²) in [6, 6.07) is 11.9. The number of carbonyl (C=O) groups is 1. The molecule has 5 aromatic rings. The van der Waals surface area contributed by atoms with Crippen molar-refractivity contribution in [1.29, 1.82) is 0 Å². The quantitative estimate of drug-likeness (QED) is 0.0567. The number of piperidine rings is 2. The van der Waals surface area contributed by atoms with Gasteiger partial charge in [0.15, 0.2) is 5.65 Å². The highest BCUT2D eigenvalue weighted by molar-refractivity contribution is 6.33. The second kappa shape index (κ2) is 22.7. The molecule has 0 bridgehead atoms. The summed E-state index contributed by atoms with van der Waals surface area (Å²) in [5.41, 5.74) is 4.19. The fourth-order valence-electron chi connectivity index (χ4n) is 12.0. The number of nitrogens with one attached hydrogen (secondary N) is 3. The predicted octanol–water partition coefficient (Wildman–Crippen LogP) is 7.44. The van der Waals surface area contributed by atoms with Gasteiger partial charge in [0.1, 0.15) is 23.5 Å². The number of rotatable bonds is 20. The van der Waals surface area contributed by atoms with Crippen LogP contribution < -0.4 is 35.2 Å². The largest absolute Gasteiger partial charge is 0.489 e. The van der Waals surface area contributed by atoms with Gasteiger partial charge < -0.3 is 50.1 Å². The molecule has 72 heavy (non-hydrogen) atoms. The van der Waals surface area contributed by atoms with Crippen molar-refractivity contribution >= 4 is 46.2 Å². The Kier molecular flexibility index (Phi) is 16.2. The maximum atomic E-state index is 13.5. The maximum absolute atomic E-state index is 13.5. The first-order valence-corrected chi connectivity index (χ1v) is 26.8. The average Bonchev–Trinajstić information content (AvgIpc) is 3.82. The Balaban J connectivity index is 0.658. The smallest absolute Gasteiger partial charge is 0.289 e. The molecule has 4 N–H and O–H groups in total. The molecule has 4 aliphatic rings. The van der Waals surface area contributed by atoms with E-state index in [-0.39, 0.29) is 41.3 Å². The second-order valence-corrected chi connectivity index (χ2v) is 21.9. The highest BCUT2D eigenvalue weighted by Gasteiger charge is 2.64. The van der Waals surface area contributed by atoms with E-state index >= 15 is 0 Å². The van der Waals surface area contributed by atoms with Crippen molar-refractivity contribution in [2.24, 2.45) is 16.7 Å². The van der Waals surface area contributed by atoms with E-state index in [1.54, 1.807) is 12.4 Å². The number of nitrogens with zero attached hydrogens (tertiary/aromatic N) is 10. The average molecular weight is 1010 g/mol. The van der Waals surface area contributed by atoms with Crippen molar-refractivity contribution < 1.29 is 19.4 Å². The lowest BCUT2D eigenvalue weighted by atomic mass is 9.49. The molecule has 1 unspecified atom stereocenters. The molecule has 1 amide bonds. The van der Waals surface area contributed by atoms with Crippen molar-refractivity contribution in [3.05, 3.63) is 83.2 Å². The lowest BCUT2D eigenvalue weighted by molar-refractivity contribution is -0.164. The summed E-state index contributed by atoms with van der Waals surface area (Å²) in [7, 11) is 1.84. The number of ether oxygens (including phenoxy) is 2. The number of carbonyl (C=O) groups excluding carboxylic acids is 1. The van der Waals surface area contributed by atoms with Crippen LogP contribution in [0, 0.1) is 16.7 Å². The molecule has 1 aromatic carbocycles. The van der Waals surface area contributed by atoms with E-state index in [2.05, 4.69) is 102 Å². The number of aliphatic hydroxyl groups excluding tert-OH is 1. The number of halogens is 1. The molecule has 17 nitrogen and oxygen atoms in total. The highest BCUT2D eigenvalue weighted by Crippen LogP contribution is 2.55. The number of pyridine rings is 1. The van der Waals surface area contributed by atoms with Gasteiger partial charge in [-0.25, -0.2) is 19.9 Å². The topological polar surface area (TPSA) is 174 Å². The summed E-state index contributed by atoms with van der Waals surface area (Å²) in [6.07, 6.45) is 15.4. The lowest BCUT2D eigenvalue weighted by Gasteiger charge is -2.63. The van der Waals surface area contributed by atoms with E-state index in [1.165, 1.54) is 6.42 Å². The zero-order chi connectivity index (χ0) is 50.4. The van der Waals surface area contributed by atoms with E-state index in [1.807, 2.05) is 48.2 Å². The third-order valence-corrected chi connectivity index (χ3v) is 16.1. The van der Waals surface area contributed by atoms with Crippen LogP contribution in [0.3, 0.4) is 0 Å². The number of hydrogen-bond acceptors (Lipinski definition) is 15. The fourth-order valence-corrected chi connectivity index (χ4v) is 12.2. The molecule has 0 radical (unpaired) electrons. The standard InChI is InChI=1S/C54H76ClN13O4/c1-7-39-33-61-68-45(30-46(62-49(39)68)67-20-9-8-11-40(67)18-27-69)57-31-38-12-15-47(58-32-38)71-28-10-19-64-23-25-65(26-24-64)36-37-16-21-66(22-17-37)41-34-59-48(60-35-41)50(70)63-51-53(2,3)52(54(51,4)5)72-42-13-14-44(56-6)43(55)29-42/h12-15,29-30,32-35,37,40,51-52,56-57,69H,7-11,16-28,31,36H2,1-6H3,(H,63,70). The molecule has 1 saturated carbocycles. The summed E-state index contributed by atoms with van der Waals surface area (Å²) in [5.74, 6) is 3.75. The van der Waals surface area contributed by atoms with E-state index in [0.717, 1.165) is 144 Å².